The Bertz CT molecular complexity index is 634. The van der Waals surface area contributed by atoms with Crippen LogP contribution in [0.3, 0.4) is 0 Å². The molecule has 7 heteroatoms. The van der Waals surface area contributed by atoms with Gasteiger partial charge >= 0.3 is 6.01 Å². The molecule has 0 aliphatic carbocycles. The zero-order valence-corrected chi connectivity index (χ0v) is 13.2. The van der Waals surface area contributed by atoms with Crippen LogP contribution in [-0.4, -0.2) is 36.9 Å². The molecule has 0 spiro atoms. The number of aromatic nitrogens is 2. The minimum Gasteiger partial charge on any atom is -0.493 e. The first-order chi connectivity index (χ1) is 11.2. The van der Waals surface area contributed by atoms with Gasteiger partial charge in [0.05, 0.1) is 13.2 Å². The van der Waals surface area contributed by atoms with Gasteiger partial charge in [-0.25, -0.2) is 4.39 Å². The number of ether oxygens (including phenoxy) is 1. The monoisotopic (exact) mass is 320 g/mol. The van der Waals surface area contributed by atoms with Crippen LogP contribution >= 0.6 is 0 Å². The maximum Gasteiger partial charge on any atom is 0.318 e. The van der Waals surface area contributed by atoms with E-state index < -0.39 is 0 Å². The molecular weight excluding hydrogens is 299 g/mol. The van der Waals surface area contributed by atoms with Gasteiger partial charge in [-0.3, -0.25) is 0 Å². The van der Waals surface area contributed by atoms with Gasteiger partial charge in [-0.15, -0.1) is 5.10 Å². The second-order valence-electron chi connectivity index (χ2n) is 5.73. The number of hydrogen-bond acceptors (Lipinski definition) is 6. The lowest BCUT2D eigenvalue weighted by atomic mass is 9.99. The van der Waals surface area contributed by atoms with E-state index >= 15 is 0 Å². The molecule has 1 aliphatic heterocycles. The number of benzene rings is 1. The van der Waals surface area contributed by atoms with Crippen molar-refractivity contribution in [2.24, 2.45) is 5.92 Å². The highest BCUT2D eigenvalue weighted by Gasteiger charge is 2.24. The van der Waals surface area contributed by atoms with Gasteiger partial charge in [0.25, 0.3) is 0 Å². The van der Waals surface area contributed by atoms with Crippen molar-refractivity contribution >= 4 is 6.01 Å². The average molecular weight is 320 g/mol. The molecule has 0 amide bonds. The van der Waals surface area contributed by atoms with Gasteiger partial charge in [0.1, 0.15) is 11.6 Å². The average Bonchev–Trinajstić information content (AvgIpc) is 3.02. The molecule has 0 radical (unpaired) electrons. The van der Waals surface area contributed by atoms with Gasteiger partial charge in [0, 0.05) is 25.1 Å². The molecule has 0 bridgehead atoms. The van der Waals surface area contributed by atoms with E-state index in [0.717, 1.165) is 25.9 Å². The number of piperidine rings is 1. The maximum atomic E-state index is 13.2. The molecule has 1 fully saturated rings. The molecule has 1 N–H and O–H groups in total. The van der Waals surface area contributed by atoms with Gasteiger partial charge in [-0.05, 0) is 32.0 Å². The molecule has 2 heterocycles. The zero-order valence-electron chi connectivity index (χ0n) is 13.2. The number of halogens is 1. The largest absolute Gasteiger partial charge is 0.493 e. The van der Waals surface area contributed by atoms with Crippen LogP contribution in [-0.2, 0) is 6.54 Å². The predicted octanol–water partition coefficient (Wildman–Crippen LogP) is 2.22. The summed E-state index contributed by atoms with van der Waals surface area (Å²) in [5, 5.41) is 11.1. The molecule has 1 aromatic carbocycles. The van der Waals surface area contributed by atoms with Crippen LogP contribution in [0.4, 0.5) is 10.4 Å². The van der Waals surface area contributed by atoms with E-state index in [9.17, 15) is 4.39 Å². The summed E-state index contributed by atoms with van der Waals surface area (Å²) in [6.45, 7) is 2.82. The Morgan fingerprint density at radius 3 is 3.17 bits per heavy atom. The minimum absolute atomic E-state index is 0.282. The van der Waals surface area contributed by atoms with Crippen LogP contribution in [0.15, 0.2) is 28.7 Å². The third-order valence-electron chi connectivity index (χ3n) is 3.86. The fourth-order valence-corrected chi connectivity index (χ4v) is 2.74. The van der Waals surface area contributed by atoms with Crippen molar-refractivity contribution in [1.29, 1.82) is 0 Å². The SMILES string of the molecule is CNCc1nnc(N2CCCC(COc3cccc(F)c3)C2)o1. The van der Waals surface area contributed by atoms with E-state index in [1.54, 1.807) is 12.1 Å². The molecule has 1 atom stereocenters. The molecule has 3 rings (SSSR count). The molecule has 1 unspecified atom stereocenters. The van der Waals surface area contributed by atoms with Gasteiger partial charge in [0.15, 0.2) is 0 Å². The summed E-state index contributed by atoms with van der Waals surface area (Å²) in [7, 11) is 1.84. The number of nitrogens with one attached hydrogen (secondary N) is 1. The van der Waals surface area contributed by atoms with Gasteiger partial charge in [-0.1, -0.05) is 11.2 Å². The Morgan fingerprint density at radius 1 is 1.43 bits per heavy atom. The Balaban J connectivity index is 1.55. The predicted molar refractivity (Wildman–Crippen MR) is 83.9 cm³/mol. The molecular formula is C16H21FN4O2. The van der Waals surface area contributed by atoms with Crippen LogP contribution in [0.1, 0.15) is 18.7 Å². The zero-order chi connectivity index (χ0) is 16.1. The summed E-state index contributed by atoms with van der Waals surface area (Å²) >= 11 is 0. The van der Waals surface area contributed by atoms with Crippen molar-refractivity contribution in [3.63, 3.8) is 0 Å². The second-order valence-corrected chi connectivity index (χ2v) is 5.73. The van der Waals surface area contributed by atoms with E-state index in [1.807, 2.05) is 7.05 Å². The van der Waals surface area contributed by atoms with Crippen molar-refractivity contribution < 1.29 is 13.5 Å². The number of rotatable bonds is 6. The summed E-state index contributed by atoms with van der Waals surface area (Å²) in [5.74, 6) is 1.22. The summed E-state index contributed by atoms with van der Waals surface area (Å²) in [4.78, 5) is 2.09. The normalized spacial score (nSPS) is 18.2. The van der Waals surface area contributed by atoms with Crippen LogP contribution in [0.25, 0.3) is 0 Å². The third kappa shape index (κ3) is 4.19. The molecule has 2 aromatic rings. The Labute approximate surface area is 134 Å². The molecule has 1 aromatic heterocycles. The molecule has 0 saturated carbocycles. The first kappa shape index (κ1) is 15.7. The lowest BCUT2D eigenvalue weighted by Crippen LogP contribution is -2.38. The Morgan fingerprint density at radius 2 is 2.35 bits per heavy atom. The Kier molecular flexibility index (Phi) is 5.07. The van der Waals surface area contributed by atoms with Gasteiger partial charge < -0.3 is 19.4 Å². The number of nitrogens with zero attached hydrogens (tertiary/aromatic N) is 3. The molecule has 1 saturated heterocycles. The van der Waals surface area contributed by atoms with Crippen molar-refractivity contribution in [3.05, 3.63) is 36.0 Å². The first-order valence-electron chi connectivity index (χ1n) is 7.85. The molecule has 23 heavy (non-hydrogen) atoms. The van der Waals surface area contributed by atoms with Crippen molar-refractivity contribution in [3.8, 4) is 5.75 Å². The standard InChI is InChI=1S/C16H21FN4O2/c1-18-9-15-19-20-16(23-15)21-7-3-4-12(10-21)11-22-14-6-2-5-13(17)8-14/h2,5-6,8,12,18H,3-4,7,9-11H2,1H3. The van der Waals surface area contributed by atoms with E-state index in [0.29, 0.717) is 36.7 Å². The van der Waals surface area contributed by atoms with Crippen LogP contribution < -0.4 is 15.0 Å². The topological polar surface area (TPSA) is 63.4 Å². The van der Waals surface area contributed by atoms with E-state index in [2.05, 4.69) is 20.4 Å². The molecule has 124 valence electrons. The summed E-state index contributed by atoms with van der Waals surface area (Å²) in [6, 6.07) is 6.80. The molecule has 1 aliphatic rings. The summed E-state index contributed by atoms with van der Waals surface area (Å²) in [5.41, 5.74) is 0. The van der Waals surface area contributed by atoms with Gasteiger partial charge in [-0.2, -0.15) is 0 Å². The maximum absolute atomic E-state index is 13.2. The third-order valence-corrected chi connectivity index (χ3v) is 3.86. The van der Waals surface area contributed by atoms with Crippen molar-refractivity contribution in [2.45, 2.75) is 19.4 Å². The number of hydrogen-bond donors (Lipinski definition) is 1. The highest BCUT2D eigenvalue weighted by molar-refractivity contribution is 5.25. The smallest absolute Gasteiger partial charge is 0.318 e. The van der Waals surface area contributed by atoms with Gasteiger partial charge in [0.2, 0.25) is 5.89 Å². The minimum atomic E-state index is -0.282. The molecule has 6 nitrogen and oxygen atoms in total. The lowest BCUT2D eigenvalue weighted by molar-refractivity contribution is 0.225. The van der Waals surface area contributed by atoms with E-state index in [-0.39, 0.29) is 5.82 Å². The second kappa shape index (κ2) is 7.41. The van der Waals surface area contributed by atoms with E-state index in [1.165, 1.54) is 12.1 Å². The quantitative estimate of drug-likeness (QED) is 0.880. The van der Waals surface area contributed by atoms with E-state index in [4.69, 9.17) is 9.15 Å². The van der Waals surface area contributed by atoms with Crippen LogP contribution in [0.2, 0.25) is 0 Å². The lowest BCUT2D eigenvalue weighted by Gasteiger charge is -2.31. The number of anilines is 1. The van der Waals surface area contributed by atoms with Crippen molar-refractivity contribution in [1.82, 2.24) is 15.5 Å². The fraction of sp³-hybridized carbons (Fsp3) is 0.500. The summed E-state index contributed by atoms with van der Waals surface area (Å²) < 4.78 is 24.5. The summed E-state index contributed by atoms with van der Waals surface area (Å²) in [6.07, 6.45) is 2.12. The van der Waals surface area contributed by atoms with Crippen LogP contribution in [0, 0.1) is 11.7 Å². The highest BCUT2D eigenvalue weighted by Crippen LogP contribution is 2.23. The fourth-order valence-electron chi connectivity index (χ4n) is 2.74. The highest BCUT2D eigenvalue weighted by atomic mass is 19.1. The first-order valence-corrected chi connectivity index (χ1v) is 7.85. The van der Waals surface area contributed by atoms with Crippen molar-refractivity contribution in [2.75, 3.05) is 31.6 Å². The van der Waals surface area contributed by atoms with Crippen LogP contribution in [0.5, 0.6) is 5.75 Å². The Hall–Kier alpha value is -2.15.